The maximum Gasteiger partial charge on any atom is 0.00491 e. The first-order valence-corrected chi connectivity index (χ1v) is 4.30. The Morgan fingerprint density at radius 1 is 1.42 bits per heavy atom. The Balaban J connectivity index is 0. The second-order valence-electron chi connectivity index (χ2n) is 2.10. The minimum Gasteiger partial charge on any atom is -0.402 e. The van der Waals surface area contributed by atoms with E-state index in [1.807, 2.05) is 39.8 Å². The van der Waals surface area contributed by atoms with Crippen molar-refractivity contribution in [1.82, 2.24) is 0 Å². The summed E-state index contributed by atoms with van der Waals surface area (Å²) >= 11 is 0. The van der Waals surface area contributed by atoms with Crippen molar-refractivity contribution in [3.63, 3.8) is 0 Å². The Morgan fingerprint density at radius 2 is 1.92 bits per heavy atom. The van der Waals surface area contributed by atoms with Crippen molar-refractivity contribution in [2.45, 2.75) is 34.1 Å². The van der Waals surface area contributed by atoms with E-state index >= 15 is 0 Å². The molecule has 2 N–H and O–H groups in total. The summed E-state index contributed by atoms with van der Waals surface area (Å²) in [6, 6.07) is 0. The van der Waals surface area contributed by atoms with E-state index in [1.54, 1.807) is 0 Å². The van der Waals surface area contributed by atoms with Crippen LogP contribution in [0.25, 0.3) is 0 Å². The van der Waals surface area contributed by atoms with E-state index in [2.05, 4.69) is 5.92 Å². The maximum atomic E-state index is 5.40. The van der Waals surface area contributed by atoms with Gasteiger partial charge in [0.25, 0.3) is 0 Å². The van der Waals surface area contributed by atoms with Gasteiger partial charge in [-0.3, -0.25) is 0 Å². The summed E-state index contributed by atoms with van der Waals surface area (Å²) in [4.78, 5) is 0. The molecule has 0 saturated heterocycles. The number of hydrogen-bond donors (Lipinski definition) is 1. The third-order valence-corrected chi connectivity index (χ3v) is 1.11. The predicted octanol–water partition coefficient (Wildman–Crippen LogP) is 2.84. The molecule has 0 atom stereocenters. The van der Waals surface area contributed by atoms with Gasteiger partial charge in [0.1, 0.15) is 0 Å². The zero-order valence-electron chi connectivity index (χ0n) is 8.52. The van der Waals surface area contributed by atoms with Crippen molar-refractivity contribution in [1.29, 1.82) is 0 Å². The molecule has 0 heterocycles. The smallest absolute Gasteiger partial charge is 0.00491 e. The first-order valence-electron chi connectivity index (χ1n) is 4.30. The van der Waals surface area contributed by atoms with Gasteiger partial charge in [-0.2, -0.15) is 0 Å². The first kappa shape index (κ1) is 13.4. The lowest BCUT2D eigenvalue weighted by Gasteiger charge is -1.89. The Bertz CT molecular complexity index is 188. The number of terminal acetylenes is 1. The van der Waals surface area contributed by atoms with Gasteiger partial charge in [0.05, 0.1) is 0 Å². The Morgan fingerprint density at radius 3 is 2.17 bits per heavy atom. The van der Waals surface area contributed by atoms with E-state index in [-0.39, 0.29) is 0 Å². The van der Waals surface area contributed by atoms with Crippen LogP contribution < -0.4 is 5.73 Å². The summed E-state index contributed by atoms with van der Waals surface area (Å²) in [6.45, 7) is 7.85. The zero-order valence-corrected chi connectivity index (χ0v) is 8.52. The highest BCUT2D eigenvalue weighted by molar-refractivity contribution is 5.29. The van der Waals surface area contributed by atoms with Crippen molar-refractivity contribution in [2.24, 2.45) is 5.73 Å². The Kier molecular flexibility index (Phi) is 11.0. The summed E-state index contributed by atoms with van der Waals surface area (Å²) in [5.41, 5.74) is 7.15. The van der Waals surface area contributed by atoms with Gasteiger partial charge >= 0.3 is 0 Å². The van der Waals surface area contributed by atoms with E-state index in [0.717, 1.165) is 17.7 Å². The van der Waals surface area contributed by atoms with E-state index in [4.69, 9.17) is 12.2 Å². The van der Waals surface area contributed by atoms with Crippen molar-refractivity contribution in [3.8, 4) is 12.3 Å². The lowest BCUT2D eigenvalue weighted by Crippen LogP contribution is -1.88. The Hall–Kier alpha value is -1.16. The average Bonchev–Trinajstić information content (AvgIpc) is 2.09. The molecule has 0 aromatic heterocycles. The molecule has 12 heavy (non-hydrogen) atoms. The van der Waals surface area contributed by atoms with Crippen LogP contribution in [0.3, 0.4) is 0 Å². The van der Waals surface area contributed by atoms with Crippen LogP contribution in [0.15, 0.2) is 23.4 Å². The second kappa shape index (κ2) is 9.84. The summed E-state index contributed by atoms with van der Waals surface area (Å²) in [6.07, 6.45) is 9.76. The van der Waals surface area contributed by atoms with Crippen LogP contribution in [0.5, 0.6) is 0 Å². The molecule has 0 fully saturated rings. The molecule has 0 bridgehead atoms. The summed E-state index contributed by atoms with van der Waals surface area (Å²) < 4.78 is 0. The van der Waals surface area contributed by atoms with Gasteiger partial charge in [0.2, 0.25) is 0 Å². The molecule has 0 unspecified atom stereocenters. The molecule has 0 radical (unpaired) electrons. The largest absolute Gasteiger partial charge is 0.402 e. The van der Waals surface area contributed by atoms with E-state index < -0.39 is 0 Å². The highest BCUT2D eigenvalue weighted by Gasteiger charge is 1.82. The van der Waals surface area contributed by atoms with Gasteiger partial charge in [-0.1, -0.05) is 26.7 Å². The fourth-order valence-electron chi connectivity index (χ4n) is 0.500. The first-order chi connectivity index (χ1) is 5.70. The summed E-state index contributed by atoms with van der Waals surface area (Å²) in [7, 11) is 0. The minimum absolute atomic E-state index is 0.779. The maximum absolute atomic E-state index is 5.40. The van der Waals surface area contributed by atoms with Crippen LogP contribution in [0.2, 0.25) is 0 Å². The molecule has 0 aromatic rings. The van der Waals surface area contributed by atoms with Crippen LogP contribution in [0.1, 0.15) is 34.1 Å². The molecule has 0 aliphatic rings. The van der Waals surface area contributed by atoms with Crippen LogP contribution in [0, 0.1) is 12.3 Å². The van der Waals surface area contributed by atoms with Gasteiger partial charge in [-0.25, -0.2) is 0 Å². The zero-order chi connectivity index (χ0) is 9.98. The lowest BCUT2D eigenvalue weighted by atomic mass is 10.2. The van der Waals surface area contributed by atoms with Crippen LogP contribution >= 0.6 is 0 Å². The number of allylic oxidation sites excluding steroid dienone is 4. The molecule has 0 rings (SSSR count). The quantitative estimate of drug-likeness (QED) is 0.494. The number of nitrogens with two attached hydrogens (primary N) is 1. The topological polar surface area (TPSA) is 26.0 Å². The normalized spacial score (nSPS) is 11.2. The molecule has 1 heteroatoms. The number of hydrogen-bond acceptors (Lipinski definition) is 1. The molecule has 68 valence electrons. The fourth-order valence-corrected chi connectivity index (χ4v) is 0.500. The number of rotatable bonds is 2. The van der Waals surface area contributed by atoms with Gasteiger partial charge in [-0.15, -0.1) is 6.42 Å². The predicted molar refractivity (Wildman–Crippen MR) is 56.5 cm³/mol. The van der Waals surface area contributed by atoms with Crippen LogP contribution in [0.4, 0.5) is 0 Å². The molecule has 0 amide bonds. The van der Waals surface area contributed by atoms with E-state index in [1.165, 1.54) is 0 Å². The highest BCUT2D eigenvalue weighted by Crippen LogP contribution is 1.98. The molecule has 0 aromatic carbocycles. The molecule has 0 spiro atoms. The fraction of sp³-hybridized carbons (Fsp3) is 0.455. The monoisotopic (exact) mass is 165 g/mol. The van der Waals surface area contributed by atoms with Gasteiger partial charge in [0, 0.05) is 11.3 Å². The molecule has 0 saturated carbocycles. The van der Waals surface area contributed by atoms with Gasteiger partial charge < -0.3 is 5.73 Å². The molecular formula is C11H19N. The van der Waals surface area contributed by atoms with Crippen LogP contribution in [-0.4, -0.2) is 0 Å². The molecule has 0 aliphatic carbocycles. The van der Waals surface area contributed by atoms with Crippen molar-refractivity contribution in [2.75, 3.05) is 0 Å². The van der Waals surface area contributed by atoms with Crippen molar-refractivity contribution in [3.05, 3.63) is 23.4 Å². The lowest BCUT2D eigenvalue weighted by molar-refractivity contribution is 1.16. The summed E-state index contributed by atoms with van der Waals surface area (Å²) in [5.74, 6) is 2.57. The second-order valence-corrected chi connectivity index (χ2v) is 2.10. The minimum atomic E-state index is 0.779. The van der Waals surface area contributed by atoms with E-state index in [9.17, 15) is 0 Å². The van der Waals surface area contributed by atoms with Crippen molar-refractivity contribution >= 4 is 0 Å². The highest BCUT2D eigenvalue weighted by atomic mass is 14.5. The molecule has 0 aliphatic heterocycles. The third kappa shape index (κ3) is 8.84. The standard InChI is InChI=1S/C9H13N.C2H6/c1-4-9(5-2)7-6-8(3)10;1-2/h1,6-7H,5,10H2,2-3H3;1-2H3/b8-6+,9-7+;. The Labute approximate surface area is 76.4 Å². The molecular weight excluding hydrogens is 146 g/mol. The average molecular weight is 165 g/mol. The van der Waals surface area contributed by atoms with Crippen molar-refractivity contribution < 1.29 is 0 Å². The molecule has 1 nitrogen and oxygen atoms in total. The SMILES string of the molecule is C#C/C(=C\C=C(/C)N)CC.CC. The third-order valence-electron chi connectivity index (χ3n) is 1.11. The van der Waals surface area contributed by atoms with Gasteiger partial charge in [-0.05, 0) is 25.5 Å². The van der Waals surface area contributed by atoms with Gasteiger partial charge in [0.15, 0.2) is 0 Å². The summed E-state index contributed by atoms with van der Waals surface area (Å²) in [5, 5.41) is 0. The van der Waals surface area contributed by atoms with E-state index in [0.29, 0.717) is 0 Å². The van der Waals surface area contributed by atoms with Crippen LogP contribution in [-0.2, 0) is 0 Å².